The number of hydrogen-bond donors (Lipinski definition) is 1. The molecule has 0 aliphatic carbocycles. The molecule has 0 spiro atoms. The number of nitrogens with zero attached hydrogens (tertiary/aromatic N) is 1. The number of phosphoric ester groups is 1. The van der Waals surface area contributed by atoms with E-state index >= 15 is 0 Å². The summed E-state index contributed by atoms with van der Waals surface area (Å²) >= 11 is 0. The maximum absolute atomic E-state index is 11.3. The highest BCUT2D eigenvalue weighted by molar-refractivity contribution is 7.47. The molecular weight excluding hydrogens is 216 g/mol. The van der Waals surface area contributed by atoms with Crippen LogP contribution in [0.4, 0.5) is 0 Å². The number of quaternary nitrogens is 1. The largest absolute Gasteiger partial charge is 0.471 e. The van der Waals surface area contributed by atoms with Crippen molar-refractivity contribution in [3.63, 3.8) is 0 Å². The Labute approximate surface area is 92.7 Å². The summed E-state index contributed by atoms with van der Waals surface area (Å²) in [4.78, 5) is 9.26. The molecule has 1 unspecified atom stereocenters. The minimum Gasteiger partial charge on any atom is -0.329 e. The average molecular weight is 238 g/mol. The molecular formula is C8H22BNO4P+. The van der Waals surface area contributed by atoms with Crippen molar-refractivity contribution in [2.24, 2.45) is 0 Å². The summed E-state index contributed by atoms with van der Waals surface area (Å²) in [6.07, 6.45) is 0. The van der Waals surface area contributed by atoms with Crippen LogP contribution >= 0.6 is 7.82 Å². The van der Waals surface area contributed by atoms with Crippen LogP contribution < -0.4 is 0 Å². The van der Waals surface area contributed by atoms with Gasteiger partial charge in [-0.1, -0.05) is 13.6 Å². The van der Waals surface area contributed by atoms with Gasteiger partial charge in [-0.05, 0) is 0 Å². The molecule has 0 fully saturated rings. The molecule has 0 aromatic carbocycles. The minimum absolute atomic E-state index is 0.215. The lowest BCUT2D eigenvalue weighted by atomic mass is 9.56. The second kappa shape index (κ2) is 6.02. The molecule has 0 radical (unpaired) electrons. The van der Waals surface area contributed by atoms with Crippen molar-refractivity contribution in [2.75, 3.05) is 40.8 Å². The Morgan fingerprint density at radius 1 is 1.27 bits per heavy atom. The summed E-state index contributed by atoms with van der Waals surface area (Å²) in [7, 11) is 2.12. The second-order valence-corrected chi connectivity index (χ2v) is 6.46. The van der Waals surface area contributed by atoms with E-state index in [4.69, 9.17) is 9.05 Å². The highest BCUT2D eigenvalue weighted by atomic mass is 31.2. The van der Waals surface area contributed by atoms with Crippen molar-refractivity contribution >= 4 is 14.5 Å². The quantitative estimate of drug-likeness (QED) is 0.410. The van der Waals surface area contributed by atoms with E-state index in [1.807, 2.05) is 34.8 Å². The second-order valence-electron chi connectivity index (χ2n) is 5.01. The molecule has 0 aromatic rings. The van der Waals surface area contributed by atoms with E-state index in [1.165, 1.54) is 0 Å². The molecule has 0 amide bonds. The maximum Gasteiger partial charge on any atom is 0.471 e. The van der Waals surface area contributed by atoms with Crippen LogP contribution in [-0.2, 0) is 13.6 Å². The topological polar surface area (TPSA) is 55.8 Å². The van der Waals surface area contributed by atoms with Crippen LogP contribution in [0.5, 0.6) is 0 Å². The molecule has 5 nitrogen and oxygen atoms in total. The van der Waals surface area contributed by atoms with Crippen LogP contribution in [0, 0.1) is 0 Å². The molecule has 0 rings (SSSR count). The predicted molar refractivity (Wildman–Crippen MR) is 62.1 cm³/mol. The van der Waals surface area contributed by atoms with Crippen molar-refractivity contribution in [2.45, 2.75) is 13.6 Å². The van der Waals surface area contributed by atoms with Gasteiger partial charge in [-0.2, -0.15) is 0 Å². The Bertz CT molecular complexity index is 229. The normalized spacial score (nSPS) is 16.1. The molecule has 0 heterocycles. The molecule has 1 atom stereocenters. The first kappa shape index (κ1) is 15.1. The van der Waals surface area contributed by atoms with Crippen LogP contribution in [0.25, 0.3) is 0 Å². The maximum atomic E-state index is 11.3. The molecule has 1 N–H and O–H groups in total. The van der Waals surface area contributed by atoms with Gasteiger partial charge in [0.05, 0.1) is 21.1 Å². The summed E-state index contributed by atoms with van der Waals surface area (Å²) in [6.45, 7) is 5.15. The Hall–Kier alpha value is 0.135. The van der Waals surface area contributed by atoms with Crippen LogP contribution in [0.1, 0.15) is 0 Å². The Balaban J connectivity index is 3.79. The Morgan fingerprint density at radius 2 is 1.80 bits per heavy atom. The first-order chi connectivity index (χ1) is 6.62. The van der Waals surface area contributed by atoms with E-state index in [0.29, 0.717) is 11.0 Å². The van der Waals surface area contributed by atoms with Crippen molar-refractivity contribution < 1.29 is 23.0 Å². The monoisotopic (exact) mass is 238 g/mol. The fourth-order valence-electron chi connectivity index (χ4n) is 0.711. The summed E-state index contributed by atoms with van der Waals surface area (Å²) in [5.74, 6) is 0. The smallest absolute Gasteiger partial charge is 0.329 e. The van der Waals surface area contributed by atoms with E-state index in [0.717, 1.165) is 0 Å². The predicted octanol–water partition coefficient (Wildman–Crippen LogP) is 1.12. The third kappa shape index (κ3) is 10.4. The zero-order valence-corrected chi connectivity index (χ0v) is 11.2. The zero-order chi connectivity index (χ0) is 12.1. The summed E-state index contributed by atoms with van der Waals surface area (Å²) in [6, 6.07) is 0. The van der Waals surface area contributed by atoms with Crippen molar-refractivity contribution in [1.82, 2.24) is 0 Å². The van der Waals surface area contributed by atoms with E-state index in [2.05, 4.69) is 0 Å². The van der Waals surface area contributed by atoms with Gasteiger partial charge >= 0.3 is 7.82 Å². The van der Waals surface area contributed by atoms with E-state index in [1.54, 1.807) is 0 Å². The summed E-state index contributed by atoms with van der Waals surface area (Å²) < 4.78 is 21.6. The third-order valence-electron chi connectivity index (χ3n) is 1.59. The molecule has 0 saturated heterocycles. The van der Waals surface area contributed by atoms with Crippen LogP contribution in [0.3, 0.4) is 0 Å². The molecule has 0 aliphatic heterocycles. The van der Waals surface area contributed by atoms with E-state index in [9.17, 15) is 9.46 Å². The molecule has 0 bridgehead atoms. The SMILES string of the molecule is CB(C)COP(=O)(O)OCC[N+](C)(C)C. The number of hydrogen-bond acceptors (Lipinski definition) is 3. The zero-order valence-electron chi connectivity index (χ0n) is 10.3. The van der Waals surface area contributed by atoms with Crippen LogP contribution in [-0.4, -0.2) is 56.9 Å². The van der Waals surface area contributed by atoms with Gasteiger partial charge in [0.15, 0.2) is 6.71 Å². The lowest BCUT2D eigenvalue weighted by Gasteiger charge is -2.24. The number of likely N-dealkylation sites (N-methyl/N-ethyl adjacent to an activating group) is 1. The first-order valence-electron chi connectivity index (χ1n) is 5.05. The van der Waals surface area contributed by atoms with Gasteiger partial charge in [-0.25, -0.2) is 4.57 Å². The third-order valence-corrected chi connectivity index (χ3v) is 2.57. The molecule has 0 aromatic heterocycles. The van der Waals surface area contributed by atoms with Crippen molar-refractivity contribution in [3.05, 3.63) is 0 Å². The van der Waals surface area contributed by atoms with E-state index in [-0.39, 0.29) is 19.8 Å². The summed E-state index contributed by atoms with van der Waals surface area (Å²) in [5, 5.41) is 0. The van der Waals surface area contributed by atoms with Crippen LogP contribution in [0.15, 0.2) is 0 Å². The van der Waals surface area contributed by atoms with Gasteiger partial charge in [-0.3, -0.25) is 9.05 Å². The molecule has 7 heteroatoms. The van der Waals surface area contributed by atoms with E-state index < -0.39 is 7.82 Å². The standard InChI is InChI=1S/C8H21BNO4P/c1-9(2)8-14-15(11,12)13-7-6-10(3,4)5/h6-8H2,1-5H3/p+1. The Morgan fingerprint density at radius 3 is 2.20 bits per heavy atom. The van der Waals surface area contributed by atoms with Crippen molar-refractivity contribution in [1.29, 1.82) is 0 Å². The van der Waals surface area contributed by atoms with Crippen LogP contribution in [0.2, 0.25) is 13.6 Å². The van der Waals surface area contributed by atoms with Gasteiger partial charge in [0.25, 0.3) is 0 Å². The molecule has 0 saturated carbocycles. The molecule has 15 heavy (non-hydrogen) atoms. The average Bonchev–Trinajstić information content (AvgIpc) is 1.98. The van der Waals surface area contributed by atoms with Gasteiger partial charge in [-0.15, -0.1) is 0 Å². The summed E-state index contributed by atoms with van der Waals surface area (Å²) in [5.41, 5.74) is 0. The number of rotatable bonds is 7. The molecule has 90 valence electrons. The van der Waals surface area contributed by atoms with Gasteiger partial charge in [0.1, 0.15) is 13.2 Å². The Kier molecular flexibility index (Phi) is 6.07. The first-order valence-corrected chi connectivity index (χ1v) is 6.54. The lowest BCUT2D eigenvalue weighted by Crippen LogP contribution is -2.37. The van der Waals surface area contributed by atoms with Crippen molar-refractivity contribution in [3.8, 4) is 0 Å². The van der Waals surface area contributed by atoms with Gasteiger partial charge in [0.2, 0.25) is 0 Å². The van der Waals surface area contributed by atoms with Gasteiger partial charge in [0, 0.05) is 6.51 Å². The fraction of sp³-hybridized carbons (Fsp3) is 1.00. The number of phosphoric acid groups is 1. The molecule has 0 aliphatic rings. The van der Waals surface area contributed by atoms with Gasteiger partial charge < -0.3 is 9.38 Å². The lowest BCUT2D eigenvalue weighted by molar-refractivity contribution is -0.870. The fourth-order valence-corrected chi connectivity index (χ4v) is 1.58. The highest BCUT2D eigenvalue weighted by Crippen LogP contribution is 2.42. The minimum atomic E-state index is -3.84. The highest BCUT2D eigenvalue weighted by Gasteiger charge is 2.22.